The van der Waals surface area contributed by atoms with E-state index >= 15 is 0 Å². The molecule has 0 radical (unpaired) electrons. The van der Waals surface area contributed by atoms with Crippen LogP contribution in [0.3, 0.4) is 0 Å². The molecule has 1 saturated carbocycles. The zero-order valence-corrected chi connectivity index (χ0v) is 18.8. The van der Waals surface area contributed by atoms with Crippen molar-refractivity contribution in [3.05, 3.63) is 70.0 Å². The Balaban J connectivity index is 1.68. The van der Waals surface area contributed by atoms with Gasteiger partial charge in [0.25, 0.3) is 5.56 Å². The van der Waals surface area contributed by atoms with Gasteiger partial charge in [0.05, 0.1) is 28.7 Å². The number of hydrogen-bond donors (Lipinski definition) is 1. The molecule has 1 fully saturated rings. The van der Waals surface area contributed by atoms with E-state index in [4.69, 9.17) is 14.9 Å². The summed E-state index contributed by atoms with van der Waals surface area (Å²) < 4.78 is 20.5. The molecule has 0 amide bonds. The Hall–Kier alpha value is -3.55. The third kappa shape index (κ3) is 4.94. The molecule has 0 unspecified atom stereocenters. The maximum absolute atomic E-state index is 13.5. The summed E-state index contributed by atoms with van der Waals surface area (Å²) in [7, 11) is 0. The Morgan fingerprint density at radius 3 is 2.58 bits per heavy atom. The normalized spacial score (nSPS) is 18.4. The van der Waals surface area contributed by atoms with Crippen LogP contribution in [0.4, 0.5) is 4.39 Å². The number of carbonyl (C=O) groups is 1. The summed E-state index contributed by atoms with van der Waals surface area (Å²) in [6.07, 6.45) is 3.07. The van der Waals surface area contributed by atoms with Crippen LogP contribution in [0.15, 0.2) is 52.4 Å². The van der Waals surface area contributed by atoms with E-state index in [1.54, 1.807) is 30.3 Å². The molecule has 1 aliphatic carbocycles. The summed E-state index contributed by atoms with van der Waals surface area (Å²) in [5.74, 6) is -0.0538. The molecule has 33 heavy (non-hydrogen) atoms. The number of nitrogens with zero attached hydrogens (tertiary/aromatic N) is 3. The molecule has 2 aromatic carbocycles. The Kier molecular flexibility index (Phi) is 6.01. The number of carbonyl (C=O) groups excluding carboxylic acids is 1. The van der Waals surface area contributed by atoms with Crippen molar-refractivity contribution in [1.29, 1.82) is 0 Å². The highest BCUT2D eigenvalue weighted by Crippen LogP contribution is 2.37. The van der Waals surface area contributed by atoms with Gasteiger partial charge in [0, 0.05) is 6.42 Å². The van der Waals surface area contributed by atoms with Crippen molar-refractivity contribution in [1.82, 2.24) is 9.55 Å². The van der Waals surface area contributed by atoms with Gasteiger partial charge in [-0.1, -0.05) is 11.2 Å². The molecule has 0 bridgehead atoms. The molecule has 1 heterocycles. The van der Waals surface area contributed by atoms with Gasteiger partial charge in [0.1, 0.15) is 17.2 Å². The third-order valence-corrected chi connectivity index (χ3v) is 5.70. The summed E-state index contributed by atoms with van der Waals surface area (Å²) in [5.41, 5.74) is 0.817. The second-order valence-corrected chi connectivity index (χ2v) is 9.44. The Morgan fingerprint density at radius 1 is 1.24 bits per heavy atom. The summed E-state index contributed by atoms with van der Waals surface area (Å²) in [5, 5.41) is 12.3. The van der Waals surface area contributed by atoms with Gasteiger partial charge in [-0.2, -0.15) is 0 Å². The zero-order valence-electron chi connectivity index (χ0n) is 18.8. The van der Waals surface area contributed by atoms with E-state index in [1.165, 1.54) is 22.9 Å². The number of oxime groups is 1. The number of hydrogen-bond acceptors (Lipinski definition) is 6. The molecule has 0 saturated heterocycles. The van der Waals surface area contributed by atoms with Gasteiger partial charge in [0.2, 0.25) is 0 Å². The van der Waals surface area contributed by atoms with Crippen LogP contribution in [0.25, 0.3) is 16.6 Å². The van der Waals surface area contributed by atoms with Gasteiger partial charge < -0.3 is 9.94 Å². The SMILES string of the molecule is CC(C)(C)OC(=O)C1CC(Cc2nc3cc(/C=N\O)ccc3c(=O)n2-c2ccc(F)cc2)C1. The molecule has 172 valence electrons. The van der Waals surface area contributed by atoms with Crippen molar-refractivity contribution in [2.24, 2.45) is 17.0 Å². The van der Waals surface area contributed by atoms with Crippen LogP contribution in [-0.4, -0.2) is 32.5 Å². The molecular formula is C25H26FN3O4. The van der Waals surface area contributed by atoms with Crippen LogP contribution in [-0.2, 0) is 16.0 Å². The van der Waals surface area contributed by atoms with Crippen LogP contribution in [0.2, 0.25) is 0 Å². The largest absolute Gasteiger partial charge is 0.460 e. The fourth-order valence-corrected chi connectivity index (χ4v) is 4.13. The van der Waals surface area contributed by atoms with E-state index in [0.717, 1.165) is 0 Å². The Bertz CT molecular complexity index is 1270. The van der Waals surface area contributed by atoms with Crippen molar-refractivity contribution < 1.29 is 19.1 Å². The van der Waals surface area contributed by atoms with Gasteiger partial charge in [-0.15, -0.1) is 0 Å². The highest BCUT2D eigenvalue weighted by atomic mass is 19.1. The predicted octanol–water partition coefficient (Wildman–Crippen LogP) is 4.24. The molecule has 8 heteroatoms. The fraction of sp³-hybridized carbons (Fsp3) is 0.360. The lowest BCUT2D eigenvalue weighted by Gasteiger charge is -2.35. The molecule has 1 aromatic heterocycles. The van der Waals surface area contributed by atoms with Gasteiger partial charge in [-0.25, -0.2) is 9.37 Å². The van der Waals surface area contributed by atoms with Crippen molar-refractivity contribution in [2.75, 3.05) is 0 Å². The van der Waals surface area contributed by atoms with E-state index in [2.05, 4.69) is 5.16 Å². The van der Waals surface area contributed by atoms with Crippen LogP contribution in [0.1, 0.15) is 45.0 Å². The average molecular weight is 451 g/mol. The molecule has 3 aromatic rings. The van der Waals surface area contributed by atoms with Crippen LogP contribution >= 0.6 is 0 Å². The molecule has 4 rings (SSSR count). The highest BCUT2D eigenvalue weighted by molar-refractivity contribution is 5.88. The fourth-order valence-electron chi connectivity index (χ4n) is 4.13. The van der Waals surface area contributed by atoms with Crippen molar-refractivity contribution in [3.8, 4) is 5.69 Å². The summed E-state index contributed by atoms with van der Waals surface area (Å²) in [6, 6.07) is 10.7. The smallest absolute Gasteiger partial charge is 0.309 e. The highest BCUT2D eigenvalue weighted by Gasteiger charge is 2.38. The zero-order chi connectivity index (χ0) is 23.8. The van der Waals surface area contributed by atoms with E-state index in [9.17, 15) is 14.0 Å². The molecule has 1 N–H and O–H groups in total. The van der Waals surface area contributed by atoms with Crippen molar-refractivity contribution in [3.63, 3.8) is 0 Å². The van der Waals surface area contributed by atoms with E-state index in [0.29, 0.717) is 47.2 Å². The summed E-state index contributed by atoms with van der Waals surface area (Å²) >= 11 is 0. The van der Waals surface area contributed by atoms with Crippen LogP contribution in [0, 0.1) is 17.7 Å². The topological polar surface area (TPSA) is 93.8 Å². The maximum Gasteiger partial charge on any atom is 0.309 e. The minimum atomic E-state index is -0.527. The second kappa shape index (κ2) is 8.77. The number of aromatic nitrogens is 2. The lowest BCUT2D eigenvalue weighted by atomic mass is 9.73. The minimum Gasteiger partial charge on any atom is -0.460 e. The molecule has 0 spiro atoms. The quantitative estimate of drug-likeness (QED) is 0.271. The second-order valence-electron chi connectivity index (χ2n) is 9.44. The lowest BCUT2D eigenvalue weighted by Crippen LogP contribution is -2.37. The monoisotopic (exact) mass is 451 g/mol. The average Bonchev–Trinajstić information content (AvgIpc) is 2.70. The van der Waals surface area contributed by atoms with Gasteiger partial charge in [-0.3, -0.25) is 14.2 Å². The van der Waals surface area contributed by atoms with E-state index < -0.39 is 11.4 Å². The number of ether oxygens (including phenoxy) is 1. The molecule has 0 atom stereocenters. The van der Waals surface area contributed by atoms with Crippen molar-refractivity contribution >= 4 is 23.1 Å². The first-order chi connectivity index (χ1) is 15.6. The summed E-state index contributed by atoms with van der Waals surface area (Å²) in [6.45, 7) is 5.53. The van der Waals surface area contributed by atoms with Gasteiger partial charge in [-0.05, 0) is 81.5 Å². The Morgan fingerprint density at radius 2 is 1.94 bits per heavy atom. The molecule has 7 nitrogen and oxygen atoms in total. The maximum atomic E-state index is 13.5. The first-order valence-electron chi connectivity index (χ1n) is 10.9. The third-order valence-electron chi connectivity index (χ3n) is 5.70. The number of fused-ring (bicyclic) bond motifs is 1. The van der Waals surface area contributed by atoms with Gasteiger partial charge >= 0.3 is 5.97 Å². The minimum absolute atomic E-state index is 0.159. The number of esters is 1. The van der Waals surface area contributed by atoms with Crippen LogP contribution in [0.5, 0.6) is 0 Å². The first-order valence-corrected chi connectivity index (χ1v) is 10.9. The van der Waals surface area contributed by atoms with E-state index in [-0.39, 0.29) is 23.4 Å². The molecule has 1 aliphatic rings. The Labute approximate surface area is 190 Å². The predicted molar refractivity (Wildman–Crippen MR) is 122 cm³/mol. The number of halogens is 1. The van der Waals surface area contributed by atoms with E-state index in [1.807, 2.05) is 20.8 Å². The van der Waals surface area contributed by atoms with Gasteiger partial charge in [0.15, 0.2) is 0 Å². The van der Waals surface area contributed by atoms with Crippen molar-refractivity contribution in [2.45, 2.75) is 45.6 Å². The summed E-state index contributed by atoms with van der Waals surface area (Å²) in [4.78, 5) is 30.5. The molecule has 0 aliphatic heterocycles. The number of benzene rings is 2. The first kappa shape index (κ1) is 22.6. The standard InChI is InChI=1S/C25H26FN3O4/c1-25(2,3)33-24(31)17-10-16(11-17)13-22-28-21-12-15(14-27-32)4-9-20(21)23(30)29(22)19-7-5-18(26)6-8-19/h4-9,12,14,16-17,32H,10-11,13H2,1-3H3/b27-14-. The lowest BCUT2D eigenvalue weighted by molar-refractivity contribution is -0.164. The number of rotatable bonds is 5. The van der Waals surface area contributed by atoms with Crippen LogP contribution < -0.4 is 5.56 Å². The molecular weight excluding hydrogens is 425 g/mol.